The van der Waals surface area contributed by atoms with Gasteiger partial charge in [0.15, 0.2) is 0 Å². The Balaban J connectivity index is 0.00000256. The van der Waals surface area contributed by atoms with Gasteiger partial charge in [0.1, 0.15) is 6.04 Å². The molecular formula is C11H22ClN3O2. The lowest BCUT2D eigenvalue weighted by atomic mass is 9.98. The van der Waals surface area contributed by atoms with Gasteiger partial charge in [-0.2, -0.15) is 0 Å². The molecule has 0 aromatic heterocycles. The monoisotopic (exact) mass is 263 g/mol. The van der Waals surface area contributed by atoms with Gasteiger partial charge in [-0.15, -0.1) is 12.4 Å². The lowest BCUT2D eigenvalue weighted by Crippen LogP contribution is -2.52. The van der Waals surface area contributed by atoms with Crippen LogP contribution < -0.4 is 11.5 Å². The third-order valence-corrected chi connectivity index (χ3v) is 3.41. The molecule has 1 saturated heterocycles. The Morgan fingerprint density at radius 1 is 1.47 bits per heavy atom. The molecule has 17 heavy (non-hydrogen) atoms. The molecule has 1 aliphatic rings. The summed E-state index contributed by atoms with van der Waals surface area (Å²) in [5.41, 5.74) is 11.1. The Morgan fingerprint density at radius 3 is 2.53 bits per heavy atom. The molecule has 2 amide bonds. The van der Waals surface area contributed by atoms with Crippen molar-refractivity contribution in [3.05, 3.63) is 0 Å². The van der Waals surface area contributed by atoms with Crippen LogP contribution in [-0.4, -0.2) is 35.3 Å². The molecule has 100 valence electrons. The predicted octanol–water partition coefficient (Wildman–Crippen LogP) is 0.258. The molecular weight excluding hydrogens is 242 g/mol. The highest BCUT2D eigenvalue weighted by Crippen LogP contribution is 2.19. The lowest BCUT2D eigenvalue weighted by molar-refractivity contribution is -0.139. The van der Waals surface area contributed by atoms with E-state index < -0.39 is 18.0 Å². The lowest BCUT2D eigenvalue weighted by Gasteiger charge is -2.27. The summed E-state index contributed by atoms with van der Waals surface area (Å²) in [7, 11) is 0. The molecule has 1 aliphatic heterocycles. The second kappa shape index (κ2) is 6.81. The van der Waals surface area contributed by atoms with Crippen LogP contribution in [0.2, 0.25) is 0 Å². The fraction of sp³-hybridized carbons (Fsp3) is 0.818. The first-order valence-electron chi connectivity index (χ1n) is 5.84. The Morgan fingerprint density at radius 2 is 2.06 bits per heavy atom. The van der Waals surface area contributed by atoms with Crippen LogP contribution in [0.25, 0.3) is 0 Å². The maximum atomic E-state index is 12.1. The van der Waals surface area contributed by atoms with E-state index in [4.69, 9.17) is 11.5 Å². The molecule has 1 fully saturated rings. The van der Waals surface area contributed by atoms with Crippen LogP contribution >= 0.6 is 12.4 Å². The van der Waals surface area contributed by atoms with Gasteiger partial charge in [-0.25, -0.2) is 0 Å². The van der Waals surface area contributed by atoms with Gasteiger partial charge in [-0.3, -0.25) is 9.59 Å². The number of nitrogens with zero attached hydrogens (tertiary/aromatic N) is 1. The Hall–Kier alpha value is -0.810. The van der Waals surface area contributed by atoms with Crippen molar-refractivity contribution in [2.75, 3.05) is 6.54 Å². The molecule has 5 nitrogen and oxygen atoms in total. The summed E-state index contributed by atoms with van der Waals surface area (Å²) in [6, 6.07) is -0.979. The van der Waals surface area contributed by atoms with E-state index in [2.05, 4.69) is 0 Å². The topological polar surface area (TPSA) is 89.4 Å². The van der Waals surface area contributed by atoms with E-state index in [9.17, 15) is 9.59 Å². The van der Waals surface area contributed by atoms with E-state index in [1.165, 1.54) is 0 Å². The van der Waals surface area contributed by atoms with Crippen LogP contribution in [0.3, 0.4) is 0 Å². The van der Waals surface area contributed by atoms with Crippen molar-refractivity contribution < 1.29 is 9.59 Å². The van der Waals surface area contributed by atoms with Gasteiger partial charge < -0.3 is 16.4 Å². The molecule has 0 spiro atoms. The highest BCUT2D eigenvalue weighted by atomic mass is 35.5. The molecule has 1 unspecified atom stereocenters. The molecule has 0 radical (unpaired) electrons. The van der Waals surface area contributed by atoms with Crippen molar-refractivity contribution in [2.45, 2.75) is 45.2 Å². The maximum absolute atomic E-state index is 12.1. The van der Waals surface area contributed by atoms with E-state index in [1.807, 2.05) is 13.8 Å². The Labute approximate surface area is 108 Å². The van der Waals surface area contributed by atoms with Gasteiger partial charge in [0.05, 0.1) is 6.04 Å². The van der Waals surface area contributed by atoms with E-state index in [1.54, 1.807) is 4.90 Å². The fourth-order valence-electron chi connectivity index (χ4n) is 2.02. The number of rotatable bonds is 4. The summed E-state index contributed by atoms with van der Waals surface area (Å²) < 4.78 is 0. The van der Waals surface area contributed by atoms with Crippen LogP contribution in [0.15, 0.2) is 0 Å². The predicted molar refractivity (Wildman–Crippen MR) is 68.6 cm³/mol. The van der Waals surface area contributed by atoms with Crippen LogP contribution in [0, 0.1) is 5.92 Å². The summed E-state index contributed by atoms with van der Waals surface area (Å²) in [5, 5.41) is 0. The number of nitrogens with two attached hydrogens (primary N) is 2. The highest BCUT2D eigenvalue weighted by Gasteiger charge is 2.35. The van der Waals surface area contributed by atoms with Gasteiger partial charge in [0.25, 0.3) is 0 Å². The van der Waals surface area contributed by atoms with Crippen LogP contribution in [0.1, 0.15) is 33.1 Å². The van der Waals surface area contributed by atoms with Crippen molar-refractivity contribution in [3.8, 4) is 0 Å². The number of carbonyl (C=O) groups is 2. The minimum absolute atomic E-state index is 0. The molecule has 3 atom stereocenters. The summed E-state index contributed by atoms with van der Waals surface area (Å²) >= 11 is 0. The quantitative estimate of drug-likeness (QED) is 0.762. The molecule has 1 heterocycles. The van der Waals surface area contributed by atoms with Crippen LogP contribution in [0.5, 0.6) is 0 Å². The SMILES string of the molecule is CCC(C)[C@H](N)C(=O)N1CCC[C@H]1C(N)=O.Cl. The molecule has 1 rings (SSSR count). The number of likely N-dealkylation sites (tertiary alicyclic amines) is 1. The summed E-state index contributed by atoms with van der Waals surface area (Å²) in [6.45, 7) is 4.53. The molecule has 0 aromatic carbocycles. The Kier molecular flexibility index (Phi) is 6.49. The molecule has 0 aliphatic carbocycles. The standard InChI is InChI=1S/C11H21N3O2.ClH/c1-3-7(2)9(12)11(16)14-6-4-5-8(14)10(13)15;/h7-9H,3-6,12H2,1-2H3,(H2,13,15);1H/t7?,8-,9-;/m0./s1. The second-order valence-electron chi connectivity index (χ2n) is 4.50. The summed E-state index contributed by atoms with van der Waals surface area (Å²) in [6.07, 6.45) is 2.34. The first-order valence-corrected chi connectivity index (χ1v) is 5.84. The molecule has 6 heteroatoms. The minimum atomic E-state index is -0.523. The van der Waals surface area contributed by atoms with Gasteiger partial charge in [0, 0.05) is 6.54 Å². The minimum Gasteiger partial charge on any atom is -0.368 e. The second-order valence-corrected chi connectivity index (χ2v) is 4.50. The normalized spacial score (nSPS) is 22.8. The molecule has 0 bridgehead atoms. The van der Waals surface area contributed by atoms with Gasteiger partial charge in [-0.1, -0.05) is 20.3 Å². The van der Waals surface area contributed by atoms with Crippen LogP contribution in [0.4, 0.5) is 0 Å². The van der Waals surface area contributed by atoms with Gasteiger partial charge in [-0.05, 0) is 18.8 Å². The highest BCUT2D eigenvalue weighted by molar-refractivity contribution is 5.89. The summed E-state index contributed by atoms with van der Waals surface area (Å²) in [4.78, 5) is 24.8. The number of halogens is 1. The number of hydrogen-bond donors (Lipinski definition) is 2. The number of amides is 2. The third-order valence-electron chi connectivity index (χ3n) is 3.41. The smallest absolute Gasteiger partial charge is 0.240 e. The largest absolute Gasteiger partial charge is 0.368 e. The third kappa shape index (κ3) is 3.57. The molecule has 4 N–H and O–H groups in total. The van der Waals surface area contributed by atoms with E-state index in [-0.39, 0.29) is 24.2 Å². The van der Waals surface area contributed by atoms with Crippen molar-refractivity contribution in [1.29, 1.82) is 0 Å². The van der Waals surface area contributed by atoms with Gasteiger partial charge >= 0.3 is 0 Å². The van der Waals surface area contributed by atoms with Crippen molar-refractivity contribution in [1.82, 2.24) is 4.90 Å². The average molecular weight is 264 g/mol. The first-order chi connectivity index (χ1) is 7.49. The maximum Gasteiger partial charge on any atom is 0.240 e. The molecule has 0 aromatic rings. The number of hydrogen-bond acceptors (Lipinski definition) is 3. The van der Waals surface area contributed by atoms with Gasteiger partial charge in [0.2, 0.25) is 11.8 Å². The fourth-order valence-corrected chi connectivity index (χ4v) is 2.02. The van der Waals surface area contributed by atoms with Crippen molar-refractivity contribution >= 4 is 24.2 Å². The average Bonchev–Trinajstić information content (AvgIpc) is 2.74. The number of primary amides is 1. The molecule has 0 saturated carbocycles. The van der Waals surface area contributed by atoms with Crippen molar-refractivity contribution in [2.24, 2.45) is 17.4 Å². The Bertz CT molecular complexity index is 286. The zero-order valence-corrected chi connectivity index (χ0v) is 11.2. The van der Waals surface area contributed by atoms with E-state index in [0.717, 1.165) is 12.8 Å². The first kappa shape index (κ1) is 16.2. The summed E-state index contributed by atoms with van der Waals surface area (Å²) in [5.74, 6) is -0.445. The zero-order valence-electron chi connectivity index (χ0n) is 10.4. The van der Waals surface area contributed by atoms with E-state index in [0.29, 0.717) is 13.0 Å². The van der Waals surface area contributed by atoms with Crippen molar-refractivity contribution in [3.63, 3.8) is 0 Å². The van der Waals surface area contributed by atoms with E-state index >= 15 is 0 Å². The number of carbonyl (C=O) groups excluding carboxylic acids is 2. The van der Waals surface area contributed by atoms with Crippen LogP contribution in [-0.2, 0) is 9.59 Å². The zero-order chi connectivity index (χ0) is 12.3.